The number of nitrogens with one attached hydrogen (secondary N) is 2. The van der Waals surface area contributed by atoms with Crippen LogP contribution in [0.5, 0.6) is 0 Å². The standard InChI is InChI=1S/C13H15BrN4O2/c1-13-5-7-9(10(13)16-12(20)17(13)2)15-11(19)6-3-4-8(14)18(6)7/h3-4,7,9-10H,5H2,1-2H3,(H,15,19)(H,16,20)/t7-,9-,10-,13+/m1/s1. The molecule has 106 valence electrons. The molecule has 3 aliphatic rings. The van der Waals surface area contributed by atoms with Gasteiger partial charge in [0.1, 0.15) is 5.69 Å². The van der Waals surface area contributed by atoms with Gasteiger partial charge in [0, 0.05) is 7.05 Å². The highest BCUT2D eigenvalue weighted by Crippen LogP contribution is 2.47. The van der Waals surface area contributed by atoms with Crippen LogP contribution in [0.25, 0.3) is 0 Å². The Morgan fingerprint density at radius 3 is 2.85 bits per heavy atom. The van der Waals surface area contributed by atoms with E-state index >= 15 is 0 Å². The number of hydrogen-bond donors (Lipinski definition) is 2. The summed E-state index contributed by atoms with van der Waals surface area (Å²) >= 11 is 3.52. The predicted octanol–water partition coefficient (Wildman–Crippen LogP) is 1.09. The molecule has 3 amide bonds. The lowest BCUT2D eigenvalue weighted by Gasteiger charge is -2.32. The molecule has 1 aliphatic carbocycles. The van der Waals surface area contributed by atoms with Gasteiger partial charge < -0.3 is 20.1 Å². The number of amides is 3. The van der Waals surface area contributed by atoms with Crippen molar-refractivity contribution in [2.24, 2.45) is 0 Å². The third kappa shape index (κ3) is 1.24. The van der Waals surface area contributed by atoms with Crippen molar-refractivity contribution >= 4 is 27.9 Å². The van der Waals surface area contributed by atoms with E-state index in [0.717, 1.165) is 11.0 Å². The SMILES string of the molecule is CN1C(=O)N[C@@H]2[C@@H]3NC(=O)c4ccc(Br)n4[C@@H]3C[C@@]21C. The van der Waals surface area contributed by atoms with Crippen LogP contribution in [0.15, 0.2) is 16.7 Å². The van der Waals surface area contributed by atoms with Gasteiger partial charge in [-0.1, -0.05) is 0 Å². The molecule has 1 aromatic heterocycles. The number of rotatable bonds is 0. The number of fused-ring (bicyclic) bond motifs is 5. The maximum atomic E-state index is 12.2. The van der Waals surface area contributed by atoms with Gasteiger partial charge in [0.05, 0.1) is 28.3 Å². The monoisotopic (exact) mass is 338 g/mol. The third-order valence-corrected chi connectivity index (χ3v) is 5.79. The van der Waals surface area contributed by atoms with Crippen LogP contribution in [0.3, 0.4) is 0 Å². The Labute approximate surface area is 124 Å². The lowest BCUT2D eigenvalue weighted by molar-refractivity contribution is 0.0879. The topological polar surface area (TPSA) is 66.4 Å². The molecule has 6 nitrogen and oxygen atoms in total. The van der Waals surface area contributed by atoms with Crippen molar-refractivity contribution in [2.75, 3.05) is 7.05 Å². The number of carbonyl (C=O) groups excluding carboxylic acids is 2. The maximum Gasteiger partial charge on any atom is 0.318 e. The minimum Gasteiger partial charge on any atom is -0.344 e. The Hall–Kier alpha value is -1.50. The molecular weight excluding hydrogens is 324 g/mol. The molecule has 0 unspecified atom stereocenters. The fraction of sp³-hybridized carbons (Fsp3) is 0.538. The minimum atomic E-state index is -0.273. The minimum absolute atomic E-state index is 0.0589. The molecule has 2 fully saturated rings. The summed E-state index contributed by atoms with van der Waals surface area (Å²) in [4.78, 5) is 25.9. The van der Waals surface area contributed by atoms with Crippen molar-refractivity contribution in [1.29, 1.82) is 0 Å². The van der Waals surface area contributed by atoms with E-state index in [4.69, 9.17) is 0 Å². The summed E-state index contributed by atoms with van der Waals surface area (Å²) < 4.78 is 2.96. The highest BCUT2D eigenvalue weighted by atomic mass is 79.9. The van der Waals surface area contributed by atoms with E-state index < -0.39 is 0 Å². The highest BCUT2D eigenvalue weighted by molar-refractivity contribution is 9.10. The summed E-state index contributed by atoms with van der Waals surface area (Å²) in [7, 11) is 1.82. The van der Waals surface area contributed by atoms with Crippen molar-refractivity contribution in [3.63, 3.8) is 0 Å². The number of urea groups is 1. The molecule has 2 aliphatic heterocycles. The summed E-state index contributed by atoms with van der Waals surface area (Å²) in [5.41, 5.74) is 0.404. The molecule has 0 radical (unpaired) electrons. The van der Waals surface area contributed by atoms with Gasteiger partial charge in [0.15, 0.2) is 0 Å². The summed E-state index contributed by atoms with van der Waals surface area (Å²) in [6.07, 6.45) is 0.818. The highest BCUT2D eigenvalue weighted by Gasteiger charge is 2.61. The molecule has 1 saturated carbocycles. The van der Waals surface area contributed by atoms with E-state index in [1.165, 1.54) is 0 Å². The lowest BCUT2D eigenvalue weighted by Crippen LogP contribution is -2.55. The number of hydrogen-bond acceptors (Lipinski definition) is 2. The zero-order valence-corrected chi connectivity index (χ0v) is 12.8. The van der Waals surface area contributed by atoms with Crippen LogP contribution in [0, 0.1) is 0 Å². The van der Waals surface area contributed by atoms with E-state index in [2.05, 4.69) is 33.5 Å². The largest absolute Gasteiger partial charge is 0.344 e. The van der Waals surface area contributed by atoms with E-state index in [0.29, 0.717) is 5.69 Å². The van der Waals surface area contributed by atoms with Gasteiger partial charge in [-0.3, -0.25) is 4.79 Å². The van der Waals surface area contributed by atoms with Gasteiger partial charge in [0.2, 0.25) is 0 Å². The fourth-order valence-corrected chi connectivity index (χ4v) is 4.53. The van der Waals surface area contributed by atoms with E-state index in [1.54, 1.807) is 4.90 Å². The molecule has 0 aromatic carbocycles. The van der Waals surface area contributed by atoms with Gasteiger partial charge in [0.25, 0.3) is 5.91 Å². The summed E-state index contributed by atoms with van der Waals surface area (Å²) in [6.45, 7) is 2.08. The van der Waals surface area contributed by atoms with Crippen LogP contribution < -0.4 is 10.6 Å². The number of nitrogens with zero attached hydrogens (tertiary/aromatic N) is 2. The molecule has 0 bridgehead atoms. The number of aromatic nitrogens is 1. The van der Waals surface area contributed by atoms with Gasteiger partial charge in [-0.25, -0.2) is 4.79 Å². The Kier molecular flexibility index (Phi) is 2.19. The Morgan fingerprint density at radius 1 is 1.35 bits per heavy atom. The van der Waals surface area contributed by atoms with E-state index in [-0.39, 0.29) is 35.6 Å². The first-order chi connectivity index (χ1) is 9.43. The van der Waals surface area contributed by atoms with Crippen LogP contribution in [0.2, 0.25) is 0 Å². The zero-order chi connectivity index (χ0) is 14.2. The van der Waals surface area contributed by atoms with E-state index in [1.807, 2.05) is 23.7 Å². The van der Waals surface area contributed by atoms with Gasteiger partial charge in [-0.15, -0.1) is 0 Å². The average molecular weight is 339 g/mol. The third-order valence-electron chi connectivity index (χ3n) is 5.15. The number of carbonyl (C=O) groups is 2. The molecule has 20 heavy (non-hydrogen) atoms. The van der Waals surface area contributed by atoms with Crippen molar-refractivity contribution < 1.29 is 9.59 Å². The van der Waals surface area contributed by atoms with Gasteiger partial charge >= 0.3 is 6.03 Å². The molecule has 4 atom stereocenters. The van der Waals surface area contributed by atoms with Gasteiger partial charge in [-0.05, 0) is 41.4 Å². The summed E-state index contributed by atoms with van der Waals surface area (Å²) in [5.74, 6) is -0.0787. The summed E-state index contributed by atoms with van der Waals surface area (Å²) in [5, 5.41) is 6.08. The quantitative estimate of drug-likeness (QED) is 0.743. The fourth-order valence-electron chi connectivity index (χ4n) is 3.94. The molecular formula is C13H15BrN4O2. The molecule has 7 heteroatoms. The second-order valence-electron chi connectivity index (χ2n) is 6.03. The average Bonchev–Trinajstić information content (AvgIpc) is 2.97. The molecule has 1 aromatic rings. The second kappa shape index (κ2) is 3.58. The van der Waals surface area contributed by atoms with E-state index in [9.17, 15) is 9.59 Å². The lowest BCUT2D eigenvalue weighted by atomic mass is 9.95. The van der Waals surface area contributed by atoms with Crippen molar-refractivity contribution in [3.8, 4) is 0 Å². The Balaban J connectivity index is 1.83. The normalized spacial score (nSPS) is 38.1. The summed E-state index contributed by atoms with van der Waals surface area (Å²) in [6, 6.07) is 3.69. The second-order valence-corrected chi connectivity index (χ2v) is 6.84. The van der Waals surface area contributed by atoms with Crippen LogP contribution in [-0.4, -0.2) is 46.1 Å². The van der Waals surface area contributed by atoms with Crippen molar-refractivity contribution in [1.82, 2.24) is 20.1 Å². The molecule has 1 saturated heterocycles. The zero-order valence-electron chi connectivity index (χ0n) is 11.2. The number of halogens is 1. The van der Waals surface area contributed by atoms with Crippen LogP contribution in [0.4, 0.5) is 4.79 Å². The molecule has 4 rings (SSSR count). The van der Waals surface area contributed by atoms with Gasteiger partial charge in [-0.2, -0.15) is 0 Å². The first-order valence-corrected chi connectivity index (χ1v) is 7.45. The molecule has 3 heterocycles. The Bertz CT molecular complexity index is 642. The molecule has 0 spiro atoms. The van der Waals surface area contributed by atoms with Crippen LogP contribution in [0.1, 0.15) is 29.9 Å². The number of likely N-dealkylation sites (N-methyl/N-ethyl adjacent to an activating group) is 1. The predicted molar refractivity (Wildman–Crippen MR) is 75.5 cm³/mol. The molecule has 2 N–H and O–H groups in total. The maximum absolute atomic E-state index is 12.2. The van der Waals surface area contributed by atoms with Crippen LogP contribution in [-0.2, 0) is 0 Å². The Morgan fingerprint density at radius 2 is 2.10 bits per heavy atom. The van der Waals surface area contributed by atoms with Crippen molar-refractivity contribution in [2.45, 2.75) is 37.0 Å². The van der Waals surface area contributed by atoms with Crippen molar-refractivity contribution in [3.05, 3.63) is 22.4 Å². The van der Waals surface area contributed by atoms with Crippen LogP contribution >= 0.6 is 15.9 Å². The first-order valence-electron chi connectivity index (χ1n) is 6.65. The smallest absolute Gasteiger partial charge is 0.318 e. The first kappa shape index (κ1) is 12.3.